The molecule has 0 rings (SSSR count). The molecular weight excluding hydrogens is 234 g/mol. The second-order valence-electron chi connectivity index (χ2n) is 3.11. The van der Waals surface area contributed by atoms with E-state index >= 15 is 0 Å². The van der Waals surface area contributed by atoms with Crippen LogP contribution in [0.1, 0.15) is 13.3 Å². The molecule has 0 spiro atoms. The zero-order chi connectivity index (χ0) is 12.6. The van der Waals surface area contributed by atoms with Crippen LogP contribution in [0.2, 0.25) is 0 Å². The van der Waals surface area contributed by atoms with Gasteiger partial charge in [-0.05, 0) is 0 Å². The highest BCUT2D eigenvalue weighted by atomic mass is 32.2. The molecule has 0 heterocycles. The number of carbonyl (C=O) groups excluding carboxylic acids is 2. The number of ketones is 1. The summed E-state index contributed by atoms with van der Waals surface area (Å²) in [6.45, 7) is 0.754. The van der Waals surface area contributed by atoms with Gasteiger partial charge in [0.1, 0.15) is 12.6 Å². The normalized spacial score (nSPS) is 11.9. The van der Waals surface area contributed by atoms with Crippen molar-refractivity contribution in [1.82, 2.24) is 5.32 Å². The minimum absolute atomic E-state index is 0.202. The summed E-state index contributed by atoms with van der Waals surface area (Å²) in [6, 6.07) is -0.938. The van der Waals surface area contributed by atoms with Gasteiger partial charge >= 0.3 is 5.97 Å². The number of carboxylic acids is 1. The summed E-state index contributed by atoms with van der Waals surface area (Å²) in [5, 5.41) is 19.5. The molecule has 92 valence electrons. The van der Waals surface area contributed by atoms with Gasteiger partial charge in [0.15, 0.2) is 5.78 Å². The molecule has 0 saturated carbocycles. The van der Waals surface area contributed by atoms with Gasteiger partial charge in [-0.25, -0.2) is 4.79 Å². The quantitative estimate of drug-likeness (QED) is 0.489. The fourth-order valence-electron chi connectivity index (χ4n) is 0.886. The number of nitrogens with one attached hydrogen (secondary N) is 1. The van der Waals surface area contributed by atoms with Crippen LogP contribution >= 0.6 is 11.8 Å². The third-order valence-electron chi connectivity index (χ3n) is 1.66. The van der Waals surface area contributed by atoms with Crippen molar-refractivity contribution in [2.45, 2.75) is 19.4 Å². The fourth-order valence-corrected chi connectivity index (χ4v) is 1.89. The van der Waals surface area contributed by atoms with Gasteiger partial charge in [0.05, 0.1) is 0 Å². The number of carboxylic acid groups (broad SMARTS) is 1. The molecule has 6 nitrogen and oxygen atoms in total. The first-order valence-corrected chi connectivity index (χ1v) is 5.83. The van der Waals surface area contributed by atoms with Crippen LogP contribution in [-0.2, 0) is 14.4 Å². The number of amides is 1. The average molecular weight is 249 g/mol. The molecule has 7 heteroatoms. The Kier molecular flexibility index (Phi) is 7.57. The molecule has 0 saturated heterocycles. The van der Waals surface area contributed by atoms with Crippen molar-refractivity contribution in [3.63, 3.8) is 0 Å². The van der Waals surface area contributed by atoms with Crippen LogP contribution in [-0.4, -0.2) is 52.0 Å². The number of hydrogen-bond acceptors (Lipinski definition) is 5. The van der Waals surface area contributed by atoms with E-state index in [0.717, 1.165) is 0 Å². The maximum atomic E-state index is 10.7. The van der Waals surface area contributed by atoms with E-state index in [9.17, 15) is 14.4 Å². The largest absolute Gasteiger partial charge is 0.480 e. The average Bonchev–Trinajstić information content (AvgIpc) is 2.21. The summed E-state index contributed by atoms with van der Waals surface area (Å²) < 4.78 is 0. The van der Waals surface area contributed by atoms with Crippen LogP contribution in [0.4, 0.5) is 0 Å². The molecule has 0 radical (unpaired) electrons. The molecule has 1 amide bonds. The Morgan fingerprint density at radius 1 is 1.38 bits per heavy atom. The Hall–Kier alpha value is -1.08. The van der Waals surface area contributed by atoms with Crippen LogP contribution < -0.4 is 5.32 Å². The topological polar surface area (TPSA) is 104 Å². The van der Waals surface area contributed by atoms with E-state index in [0.29, 0.717) is 5.75 Å². The first kappa shape index (κ1) is 14.9. The van der Waals surface area contributed by atoms with Gasteiger partial charge in [-0.1, -0.05) is 0 Å². The first-order valence-electron chi connectivity index (χ1n) is 4.67. The maximum absolute atomic E-state index is 10.7. The fraction of sp³-hybridized carbons (Fsp3) is 0.667. The van der Waals surface area contributed by atoms with E-state index in [1.807, 2.05) is 0 Å². The van der Waals surface area contributed by atoms with Gasteiger partial charge in [-0.3, -0.25) is 9.59 Å². The van der Waals surface area contributed by atoms with Crippen molar-refractivity contribution in [1.29, 1.82) is 0 Å². The first-order chi connectivity index (χ1) is 7.47. The van der Waals surface area contributed by atoms with Crippen molar-refractivity contribution in [3.8, 4) is 0 Å². The Balaban J connectivity index is 3.81. The molecule has 0 aromatic rings. The summed E-state index contributed by atoms with van der Waals surface area (Å²) in [5.74, 6) is -1.15. The summed E-state index contributed by atoms with van der Waals surface area (Å²) >= 11 is 1.25. The number of aliphatic hydroxyl groups excluding tert-OH is 1. The second kappa shape index (κ2) is 8.12. The van der Waals surface area contributed by atoms with Gasteiger partial charge in [0, 0.05) is 24.9 Å². The summed E-state index contributed by atoms with van der Waals surface area (Å²) in [5.41, 5.74) is 0. The minimum Gasteiger partial charge on any atom is -0.480 e. The van der Waals surface area contributed by atoms with Crippen LogP contribution in [0.5, 0.6) is 0 Å². The predicted octanol–water partition coefficient (Wildman–Crippen LogP) is -0.740. The molecule has 0 aliphatic rings. The zero-order valence-electron chi connectivity index (χ0n) is 8.93. The maximum Gasteiger partial charge on any atom is 0.327 e. The molecular formula is C9H15NO5S. The number of aliphatic carboxylic acids is 1. The number of aliphatic hydroxyl groups is 1. The lowest BCUT2D eigenvalue weighted by Crippen LogP contribution is -2.41. The van der Waals surface area contributed by atoms with Gasteiger partial charge in [-0.2, -0.15) is 11.8 Å². The Bertz CT molecular complexity index is 269. The van der Waals surface area contributed by atoms with E-state index in [1.54, 1.807) is 0 Å². The zero-order valence-corrected chi connectivity index (χ0v) is 9.75. The van der Waals surface area contributed by atoms with Crippen molar-refractivity contribution in [2.24, 2.45) is 0 Å². The second-order valence-corrected chi connectivity index (χ2v) is 4.26. The van der Waals surface area contributed by atoms with E-state index in [1.165, 1.54) is 18.7 Å². The smallest absolute Gasteiger partial charge is 0.327 e. The summed E-state index contributed by atoms with van der Waals surface area (Å²) in [7, 11) is 0. The number of rotatable bonds is 8. The third-order valence-corrected chi connectivity index (χ3v) is 2.72. The van der Waals surface area contributed by atoms with E-state index in [4.69, 9.17) is 10.2 Å². The van der Waals surface area contributed by atoms with Gasteiger partial charge in [0.25, 0.3) is 0 Å². The van der Waals surface area contributed by atoms with E-state index in [2.05, 4.69) is 5.32 Å². The van der Waals surface area contributed by atoms with Crippen LogP contribution in [0.25, 0.3) is 0 Å². The molecule has 0 bridgehead atoms. The van der Waals surface area contributed by atoms with Crippen molar-refractivity contribution < 1.29 is 24.6 Å². The summed E-state index contributed by atoms with van der Waals surface area (Å²) in [6.07, 6.45) is 0.202. The Morgan fingerprint density at radius 2 is 2.00 bits per heavy atom. The van der Waals surface area contributed by atoms with Gasteiger partial charge < -0.3 is 15.5 Å². The molecule has 16 heavy (non-hydrogen) atoms. The molecule has 3 N–H and O–H groups in total. The van der Waals surface area contributed by atoms with Crippen molar-refractivity contribution in [3.05, 3.63) is 0 Å². The Morgan fingerprint density at radius 3 is 2.44 bits per heavy atom. The van der Waals surface area contributed by atoms with Crippen LogP contribution in [0.3, 0.4) is 0 Å². The molecule has 1 atom stereocenters. The number of thioether (sulfide) groups is 1. The van der Waals surface area contributed by atoms with Gasteiger partial charge in [-0.15, -0.1) is 0 Å². The molecule has 0 aliphatic heterocycles. The monoisotopic (exact) mass is 249 g/mol. The molecule has 0 unspecified atom stereocenters. The van der Waals surface area contributed by atoms with Crippen molar-refractivity contribution in [2.75, 3.05) is 18.1 Å². The highest BCUT2D eigenvalue weighted by Gasteiger charge is 2.17. The van der Waals surface area contributed by atoms with Gasteiger partial charge in [0.2, 0.25) is 5.91 Å². The lowest BCUT2D eigenvalue weighted by atomic mass is 10.3. The molecule has 0 aromatic carbocycles. The number of Topliss-reactive ketones (excluding diaryl/α,β-unsaturated/α-hetero) is 1. The third kappa shape index (κ3) is 7.24. The lowest BCUT2D eigenvalue weighted by Gasteiger charge is -2.12. The number of hydrogen-bond donors (Lipinski definition) is 3. The van der Waals surface area contributed by atoms with Crippen LogP contribution in [0, 0.1) is 0 Å². The highest BCUT2D eigenvalue weighted by molar-refractivity contribution is 7.99. The van der Waals surface area contributed by atoms with E-state index in [-0.39, 0.29) is 18.0 Å². The Labute approximate surface area is 97.4 Å². The van der Waals surface area contributed by atoms with Crippen LogP contribution in [0.15, 0.2) is 0 Å². The van der Waals surface area contributed by atoms with Crippen molar-refractivity contribution >= 4 is 29.4 Å². The predicted molar refractivity (Wildman–Crippen MR) is 59.3 cm³/mol. The molecule has 0 aliphatic carbocycles. The highest BCUT2D eigenvalue weighted by Crippen LogP contribution is 2.05. The lowest BCUT2D eigenvalue weighted by molar-refractivity contribution is -0.140. The minimum atomic E-state index is -1.10. The summed E-state index contributed by atoms with van der Waals surface area (Å²) in [4.78, 5) is 32.1. The standard InChI is InChI=1S/C9H15NO5S/c1-6(12)10-8(9(14)15)5-16-3-2-7(13)4-11/h8,11H,2-5H2,1H3,(H,10,12)(H,14,15)/t8-/m0/s1. The van der Waals surface area contributed by atoms with E-state index < -0.39 is 24.5 Å². The molecule has 0 fully saturated rings. The number of carbonyl (C=O) groups is 3. The molecule has 0 aromatic heterocycles. The SMILES string of the molecule is CC(=O)N[C@@H](CSCCC(=O)CO)C(=O)O.